The van der Waals surface area contributed by atoms with E-state index in [-0.39, 0.29) is 24.5 Å². The number of carbonyl (C=O) groups is 2. The van der Waals surface area contributed by atoms with Crippen LogP contribution in [0.4, 0.5) is 0 Å². The van der Waals surface area contributed by atoms with Crippen molar-refractivity contribution < 1.29 is 33.6 Å². The second-order valence-electron chi connectivity index (χ2n) is 6.81. The van der Waals surface area contributed by atoms with E-state index in [0.717, 1.165) is 0 Å². The summed E-state index contributed by atoms with van der Waals surface area (Å²) in [6.07, 6.45) is 0. The Bertz CT molecular complexity index is 975. The van der Waals surface area contributed by atoms with Gasteiger partial charge in [-0.1, -0.05) is 30.3 Å². The molecule has 0 aromatic heterocycles. The van der Waals surface area contributed by atoms with Gasteiger partial charge in [-0.3, -0.25) is 9.59 Å². The number of hydrogen-bond acceptors (Lipinski definition) is 7. The van der Waals surface area contributed by atoms with Crippen molar-refractivity contribution in [3.8, 4) is 17.2 Å². The maximum Gasteiger partial charge on any atom is 0.295 e. The zero-order valence-corrected chi connectivity index (χ0v) is 17.9. The Labute approximate surface area is 180 Å². The third-order valence-electron chi connectivity index (χ3n) is 5.13. The molecule has 31 heavy (non-hydrogen) atoms. The summed E-state index contributed by atoms with van der Waals surface area (Å²) in [4.78, 5) is 27.2. The quantitative estimate of drug-likeness (QED) is 0.393. The summed E-state index contributed by atoms with van der Waals surface area (Å²) >= 11 is 0. The Kier molecular flexibility index (Phi) is 6.81. The lowest BCUT2D eigenvalue weighted by atomic mass is 9.94. The fourth-order valence-corrected chi connectivity index (χ4v) is 3.66. The molecule has 164 valence electrons. The molecule has 0 radical (unpaired) electrons. The van der Waals surface area contributed by atoms with E-state index in [0.29, 0.717) is 28.4 Å². The molecule has 0 unspecified atom stereocenters. The van der Waals surface area contributed by atoms with Gasteiger partial charge >= 0.3 is 0 Å². The summed E-state index contributed by atoms with van der Waals surface area (Å²) in [5.41, 5.74) is 0.952. The van der Waals surface area contributed by atoms with Crippen LogP contribution in [0.1, 0.15) is 17.2 Å². The molecule has 0 bridgehead atoms. The van der Waals surface area contributed by atoms with Gasteiger partial charge in [-0.05, 0) is 17.7 Å². The molecule has 1 N–H and O–H groups in total. The van der Waals surface area contributed by atoms with E-state index in [1.807, 2.05) is 0 Å². The van der Waals surface area contributed by atoms with Gasteiger partial charge in [-0.25, -0.2) is 0 Å². The van der Waals surface area contributed by atoms with Gasteiger partial charge < -0.3 is 29.0 Å². The lowest BCUT2D eigenvalue weighted by Crippen LogP contribution is -2.32. The van der Waals surface area contributed by atoms with Crippen molar-refractivity contribution >= 4 is 17.4 Å². The first-order valence-electron chi connectivity index (χ1n) is 9.61. The van der Waals surface area contributed by atoms with Crippen molar-refractivity contribution in [3.63, 3.8) is 0 Å². The van der Waals surface area contributed by atoms with Crippen LogP contribution in [-0.2, 0) is 14.3 Å². The highest BCUT2D eigenvalue weighted by molar-refractivity contribution is 6.46. The van der Waals surface area contributed by atoms with E-state index >= 15 is 0 Å². The predicted octanol–water partition coefficient (Wildman–Crippen LogP) is 2.78. The first kappa shape index (κ1) is 22.2. The van der Waals surface area contributed by atoms with Crippen LogP contribution in [0, 0.1) is 0 Å². The van der Waals surface area contributed by atoms with Crippen molar-refractivity contribution in [1.82, 2.24) is 4.90 Å². The number of nitrogens with zero attached hydrogens (tertiary/aromatic N) is 1. The topological polar surface area (TPSA) is 94.5 Å². The minimum atomic E-state index is -0.857. The number of amides is 1. The molecule has 3 rings (SSSR count). The molecule has 8 nitrogen and oxygen atoms in total. The van der Waals surface area contributed by atoms with Gasteiger partial charge in [0.05, 0.1) is 39.6 Å². The molecular formula is C23H25NO7. The van der Waals surface area contributed by atoms with Crippen LogP contribution >= 0.6 is 0 Å². The Morgan fingerprint density at radius 2 is 1.58 bits per heavy atom. The predicted molar refractivity (Wildman–Crippen MR) is 113 cm³/mol. The van der Waals surface area contributed by atoms with Crippen LogP contribution in [0.5, 0.6) is 17.2 Å². The highest BCUT2D eigenvalue weighted by Gasteiger charge is 2.46. The monoisotopic (exact) mass is 427 g/mol. The fourth-order valence-electron chi connectivity index (χ4n) is 3.66. The molecule has 0 saturated carbocycles. The minimum Gasteiger partial charge on any atom is -0.507 e. The number of methoxy groups -OCH3 is 4. The number of ether oxygens (including phenoxy) is 4. The summed E-state index contributed by atoms with van der Waals surface area (Å²) in [6.45, 7) is 0.382. The smallest absolute Gasteiger partial charge is 0.295 e. The van der Waals surface area contributed by atoms with Gasteiger partial charge in [0.1, 0.15) is 5.76 Å². The largest absolute Gasteiger partial charge is 0.507 e. The molecule has 8 heteroatoms. The highest BCUT2D eigenvalue weighted by Crippen LogP contribution is 2.45. The normalized spacial score (nSPS) is 17.7. The Morgan fingerprint density at radius 3 is 2.10 bits per heavy atom. The maximum absolute atomic E-state index is 13.0. The molecule has 2 aromatic carbocycles. The first-order chi connectivity index (χ1) is 15.0. The summed E-state index contributed by atoms with van der Waals surface area (Å²) in [5, 5.41) is 11.0. The van der Waals surface area contributed by atoms with Crippen LogP contribution in [0.25, 0.3) is 5.76 Å². The number of rotatable bonds is 8. The van der Waals surface area contributed by atoms with Gasteiger partial charge in [-0.2, -0.15) is 0 Å². The van der Waals surface area contributed by atoms with E-state index in [9.17, 15) is 14.7 Å². The Balaban J connectivity index is 2.25. The fraction of sp³-hybridized carbons (Fsp3) is 0.304. The van der Waals surface area contributed by atoms with Gasteiger partial charge in [-0.15, -0.1) is 0 Å². The molecule has 1 aliphatic heterocycles. The van der Waals surface area contributed by atoms with Gasteiger partial charge in [0.2, 0.25) is 5.75 Å². The zero-order valence-electron chi connectivity index (χ0n) is 17.9. The van der Waals surface area contributed by atoms with Crippen LogP contribution < -0.4 is 14.2 Å². The van der Waals surface area contributed by atoms with E-state index < -0.39 is 17.7 Å². The Hall–Kier alpha value is -3.52. The summed E-state index contributed by atoms with van der Waals surface area (Å²) in [5.74, 6) is -0.615. The van der Waals surface area contributed by atoms with E-state index in [1.165, 1.54) is 33.3 Å². The van der Waals surface area contributed by atoms with Gasteiger partial charge in [0.25, 0.3) is 11.7 Å². The van der Waals surface area contributed by atoms with Crippen molar-refractivity contribution in [2.45, 2.75) is 6.04 Å². The minimum absolute atomic E-state index is 0.0124. The number of hydrogen-bond donors (Lipinski definition) is 1. The summed E-state index contributed by atoms with van der Waals surface area (Å²) < 4.78 is 21.4. The SMILES string of the molecule is COCCN1C(=O)C(=O)C(=C(O)c2ccccc2)[C@@H]1c1cc(OC)c(OC)c(OC)c1. The van der Waals surface area contributed by atoms with Gasteiger partial charge in [0.15, 0.2) is 11.5 Å². The lowest BCUT2D eigenvalue weighted by molar-refractivity contribution is -0.140. The van der Waals surface area contributed by atoms with Crippen molar-refractivity contribution in [2.24, 2.45) is 0 Å². The number of likely N-dealkylation sites (tertiary alicyclic amines) is 1. The average molecular weight is 427 g/mol. The number of ketones is 1. The van der Waals surface area contributed by atoms with Crippen LogP contribution in [-0.4, -0.2) is 63.3 Å². The van der Waals surface area contributed by atoms with E-state index in [1.54, 1.807) is 42.5 Å². The molecular weight excluding hydrogens is 402 g/mol. The van der Waals surface area contributed by atoms with Crippen molar-refractivity contribution in [1.29, 1.82) is 0 Å². The second kappa shape index (κ2) is 9.53. The van der Waals surface area contributed by atoms with Crippen LogP contribution in [0.15, 0.2) is 48.0 Å². The highest BCUT2D eigenvalue weighted by atomic mass is 16.5. The summed E-state index contributed by atoms with van der Waals surface area (Å²) in [6, 6.07) is 11.1. The Morgan fingerprint density at radius 1 is 0.968 bits per heavy atom. The molecule has 0 spiro atoms. The molecule has 1 atom stereocenters. The maximum atomic E-state index is 13.0. The van der Waals surface area contributed by atoms with Gasteiger partial charge in [0, 0.05) is 19.2 Å². The number of Topliss-reactive ketones (excluding diaryl/α,β-unsaturated/α-hetero) is 1. The molecule has 1 amide bonds. The zero-order chi connectivity index (χ0) is 22.5. The molecule has 1 aliphatic rings. The number of aliphatic hydroxyl groups excluding tert-OH is 1. The molecule has 1 heterocycles. The number of aliphatic hydroxyl groups is 1. The molecule has 1 fully saturated rings. The average Bonchev–Trinajstić information content (AvgIpc) is 3.06. The van der Waals surface area contributed by atoms with Crippen LogP contribution in [0.3, 0.4) is 0 Å². The summed E-state index contributed by atoms with van der Waals surface area (Å²) in [7, 11) is 5.95. The molecule has 2 aromatic rings. The number of carbonyl (C=O) groups excluding carboxylic acids is 2. The van der Waals surface area contributed by atoms with E-state index in [2.05, 4.69) is 0 Å². The molecule has 0 aliphatic carbocycles. The van der Waals surface area contributed by atoms with Crippen LogP contribution in [0.2, 0.25) is 0 Å². The number of benzene rings is 2. The molecule has 1 saturated heterocycles. The first-order valence-corrected chi connectivity index (χ1v) is 9.61. The van der Waals surface area contributed by atoms with E-state index in [4.69, 9.17) is 18.9 Å². The van der Waals surface area contributed by atoms with Crippen molar-refractivity contribution in [3.05, 3.63) is 59.2 Å². The third kappa shape index (κ3) is 4.06. The standard InChI is InChI=1S/C23H25NO7/c1-28-11-10-24-19(15-12-16(29-2)22(31-4)17(13-15)30-3)18(21(26)23(24)27)20(25)14-8-6-5-7-9-14/h5-9,12-13,19,25H,10-11H2,1-4H3/t19-/m0/s1. The lowest BCUT2D eigenvalue weighted by Gasteiger charge is -2.26. The second-order valence-corrected chi connectivity index (χ2v) is 6.81. The van der Waals surface area contributed by atoms with Crippen molar-refractivity contribution in [2.75, 3.05) is 41.6 Å². The third-order valence-corrected chi connectivity index (χ3v) is 5.13.